The molecule has 1 atom stereocenters. The van der Waals surface area contributed by atoms with Crippen molar-refractivity contribution in [2.75, 3.05) is 0 Å². The molecule has 1 N–H and O–H groups in total. The average molecular weight is 364 g/mol. The molecule has 0 aliphatic heterocycles. The van der Waals surface area contributed by atoms with E-state index >= 15 is 0 Å². The van der Waals surface area contributed by atoms with E-state index in [4.69, 9.17) is 4.42 Å². The number of aromatic nitrogens is 4. The summed E-state index contributed by atoms with van der Waals surface area (Å²) in [4.78, 5) is 19.6. The smallest absolute Gasteiger partial charge is 0.277 e. The van der Waals surface area contributed by atoms with Crippen molar-refractivity contribution in [3.63, 3.8) is 0 Å². The average Bonchev–Trinajstić information content (AvgIpc) is 3.10. The number of rotatable bonds is 4. The summed E-state index contributed by atoms with van der Waals surface area (Å²) in [5, 5.41) is 9.11. The summed E-state index contributed by atoms with van der Waals surface area (Å²) in [7, 11) is 0. The fourth-order valence-electron chi connectivity index (χ4n) is 2.68. The second-order valence-corrected chi connectivity index (χ2v) is 7.21. The van der Waals surface area contributed by atoms with Crippen molar-refractivity contribution in [2.24, 2.45) is 0 Å². The summed E-state index contributed by atoms with van der Waals surface area (Å²) in [6, 6.07) is 15.1. The molecule has 7 heteroatoms. The van der Waals surface area contributed by atoms with Crippen LogP contribution in [0.1, 0.15) is 23.6 Å². The second-order valence-electron chi connectivity index (χ2n) is 5.92. The number of nitrogens with zero attached hydrogens (tertiary/aromatic N) is 3. The van der Waals surface area contributed by atoms with Crippen LogP contribution in [0, 0.1) is 6.92 Å². The van der Waals surface area contributed by atoms with E-state index in [0.29, 0.717) is 27.8 Å². The van der Waals surface area contributed by atoms with Crippen molar-refractivity contribution in [2.45, 2.75) is 24.3 Å². The number of H-pyrrole nitrogens is 1. The Labute approximate surface area is 153 Å². The first-order valence-electron chi connectivity index (χ1n) is 8.17. The van der Waals surface area contributed by atoms with Crippen LogP contribution in [0.3, 0.4) is 0 Å². The number of thioether (sulfide) groups is 1. The molecule has 0 saturated heterocycles. The highest BCUT2D eigenvalue weighted by atomic mass is 32.2. The Morgan fingerprint density at radius 3 is 2.69 bits per heavy atom. The second kappa shape index (κ2) is 6.76. The van der Waals surface area contributed by atoms with E-state index in [0.717, 1.165) is 11.1 Å². The molecule has 0 radical (unpaired) electrons. The molecule has 0 saturated carbocycles. The molecular weight excluding hydrogens is 348 g/mol. The summed E-state index contributed by atoms with van der Waals surface area (Å²) < 4.78 is 5.78. The van der Waals surface area contributed by atoms with Gasteiger partial charge in [-0.25, -0.2) is 4.98 Å². The van der Waals surface area contributed by atoms with Crippen molar-refractivity contribution in [1.29, 1.82) is 0 Å². The lowest BCUT2D eigenvalue weighted by atomic mass is 10.1. The van der Waals surface area contributed by atoms with Gasteiger partial charge >= 0.3 is 0 Å². The fourth-order valence-corrected chi connectivity index (χ4v) is 3.42. The summed E-state index contributed by atoms with van der Waals surface area (Å²) in [6.45, 7) is 3.94. The van der Waals surface area contributed by atoms with Crippen LogP contribution in [0.4, 0.5) is 0 Å². The first-order chi connectivity index (χ1) is 12.6. The lowest BCUT2D eigenvalue weighted by Crippen LogP contribution is -2.12. The molecule has 4 aromatic rings. The molecule has 0 amide bonds. The summed E-state index contributed by atoms with van der Waals surface area (Å²) >= 11 is 1.36. The van der Waals surface area contributed by atoms with Gasteiger partial charge in [0.2, 0.25) is 5.89 Å². The Balaban J connectivity index is 1.60. The molecule has 0 fully saturated rings. The zero-order valence-corrected chi connectivity index (χ0v) is 15.1. The van der Waals surface area contributed by atoms with Gasteiger partial charge in [-0.3, -0.25) is 4.79 Å². The van der Waals surface area contributed by atoms with Crippen molar-refractivity contribution in [3.05, 3.63) is 70.3 Å². The third kappa shape index (κ3) is 3.13. The van der Waals surface area contributed by atoms with Gasteiger partial charge in [0.1, 0.15) is 5.82 Å². The van der Waals surface area contributed by atoms with Crippen LogP contribution < -0.4 is 5.56 Å². The normalized spacial score (nSPS) is 12.4. The van der Waals surface area contributed by atoms with Gasteiger partial charge < -0.3 is 9.40 Å². The summed E-state index contributed by atoms with van der Waals surface area (Å²) in [6.07, 6.45) is 0. The summed E-state index contributed by atoms with van der Waals surface area (Å²) in [5.74, 6) is 1.06. The van der Waals surface area contributed by atoms with E-state index in [2.05, 4.69) is 20.2 Å². The molecule has 0 aliphatic carbocycles. The first kappa shape index (κ1) is 16.5. The molecule has 26 heavy (non-hydrogen) atoms. The fraction of sp³-hybridized carbons (Fsp3) is 0.158. The Morgan fingerprint density at radius 1 is 1.08 bits per heavy atom. The lowest BCUT2D eigenvalue weighted by molar-refractivity contribution is 0.464. The van der Waals surface area contributed by atoms with E-state index in [-0.39, 0.29) is 10.8 Å². The lowest BCUT2D eigenvalue weighted by Gasteiger charge is -2.08. The van der Waals surface area contributed by atoms with Gasteiger partial charge in [-0.05, 0) is 37.6 Å². The Hall–Kier alpha value is -2.93. The molecule has 0 aliphatic rings. The topological polar surface area (TPSA) is 84.7 Å². The van der Waals surface area contributed by atoms with Gasteiger partial charge in [0.25, 0.3) is 10.8 Å². The predicted molar refractivity (Wildman–Crippen MR) is 101 cm³/mol. The van der Waals surface area contributed by atoms with E-state index in [1.807, 2.05) is 56.3 Å². The number of hydrogen-bond acceptors (Lipinski definition) is 6. The largest absolute Gasteiger partial charge is 0.411 e. The highest BCUT2D eigenvalue weighted by Crippen LogP contribution is 2.34. The van der Waals surface area contributed by atoms with E-state index in [9.17, 15) is 4.79 Å². The van der Waals surface area contributed by atoms with Crippen molar-refractivity contribution in [3.8, 4) is 11.5 Å². The Bertz CT molecular complexity index is 1140. The van der Waals surface area contributed by atoms with Gasteiger partial charge in [-0.2, -0.15) is 0 Å². The monoisotopic (exact) mass is 364 g/mol. The van der Waals surface area contributed by atoms with E-state index in [1.54, 1.807) is 6.07 Å². The minimum atomic E-state index is -0.149. The zero-order valence-electron chi connectivity index (χ0n) is 14.3. The Kier molecular flexibility index (Phi) is 4.30. The number of fused-ring (bicyclic) bond motifs is 1. The predicted octanol–water partition coefficient (Wildman–Crippen LogP) is 4.13. The van der Waals surface area contributed by atoms with Gasteiger partial charge in [0, 0.05) is 5.56 Å². The number of para-hydroxylation sites is 1. The molecule has 4 rings (SSSR count). The minimum Gasteiger partial charge on any atom is -0.411 e. The molecular formula is C19H16N4O2S. The molecule has 0 unspecified atom stereocenters. The van der Waals surface area contributed by atoms with Crippen LogP contribution >= 0.6 is 11.8 Å². The highest BCUT2D eigenvalue weighted by Gasteiger charge is 2.17. The molecule has 2 heterocycles. The highest BCUT2D eigenvalue weighted by molar-refractivity contribution is 7.99. The molecule has 2 aromatic carbocycles. The van der Waals surface area contributed by atoms with Crippen LogP contribution in [0.5, 0.6) is 0 Å². The van der Waals surface area contributed by atoms with Gasteiger partial charge in [-0.15, -0.1) is 10.2 Å². The third-order valence-electron chi connectivity index (χ3n) is 4.08. The molecule has 0 bridgehead atoms. The standard InChI is InChI=1S/C19H16N4O2S/c1-11-7-3-4-8-13(11)18-22-23-19(25-18)26-12(2)16-20-15-10-6-5-9-14(15)17(24)21-16/h3-10,12H,1-2H3,(H,20,21,24)/t12-/m0/s1. The maximum atomic E-state index is 12.2. The SMILES string of the molecule is Cc1ccccc1-c1nnc(S[C@@H](C)c2nc3ccccc3c(=O)[nH]2)o1. The van der Waals surface area contributed by atoms with Crippen LogP contribution in [-0.4, -0.2) is 20.2 Å². The van der Waals surface area contributed by atoms with Crippen molar-refractivity contribution < 1.29 is 4.42 Å². The number of aryl methyl sites for hydroxylation is 1. The minimum absolute atomic E-state index is 0.141. The van der Waals surface area contributed by atoms with Crippen LogP contribution in [0.2, 0.25) is 0 Å². The van der Waals surface area contributed by atoms with Gasteiger partial charge in [-0.1, -0.05) is 42.1 Å². The van der Waals surface area contributed by atoms with Gasteiger partial charge in [0.15, 0.2) is 0 Å². The third-order valence-corrected chi connectivity index (χ3v) is 5.02. The number of nitrogens with one attached hydrogen (secondary N) is 1. The maximum Gasteiger partial charge on any atom is 0.277 e. The van der Waals surface area contributed by atoms with Crippen molar-refractivity contribution in [1.82, 2.24) is 20.2 Å². The number of benzene rings is 2. The molecule has 2 aromatic heterocycles. The molecule has 0 spiro atoms. The van der Waals surface area contributed by atoms with Crippen LogP contribution in [0.15, 0.2) is 63.0 Å². The van der Waals surface area contributed by atoms with Crippen LogP contribution in [-0.2, 0) is 0 Å². The number of hydrogen-bond donors (Lipinski definition) is 1. The van der Waals surface area contributed by atoms with E-state index in [1.165, 1.54) is 11.8 Å². The maximum absolute atomic E-state index is 12.2. The van der Waals surface area contributed by atoms with Crippen molar-refractivity contribution >= 4 is 22.7 Å². The number of aromatic amines is 1. The van der Waals surface area contributed by atoms with Crippen LogP contribution in [0.25, 0.3) is 22.4 Å². The quantitative estimate of drug-likeness (QED) is 0.548. The molecule has 130 valence electrons. The molecule has 6 nitrogen and oxygen atoms in total. The van der Waals surface area contributed by atoms with Gasteiger partial charge in [0.05, 0.1) is 16.2 Å². The van der Waals surface area contributed by atoms with E-state index < -0.39 is 0 Å². The Morgan fingerprint density at radius 2 is 1.85 bits per heavy atom. The first-order valence-corrected chi connectivity index (χ1v) is 9.05. The zero-order chi connectivity index (χ0) is 18.1. The summed E-state index contributed by atoms with van der Waals surface area (Å²) in [5.41, 5.74) is 2.51.